The molecule has 2 aromatic carbocycles. The van der Waals surface area contributed by atoms with Crippen molar-refractivity contribution in [3.63, 3.8) is 0 Å². The molecule has 20 heavy (non-hydrogen) atoms. The van der Waals surface area contributed by atoms with E-state index >= 15 is 0 Å². The van der Waals surface area contributed by atoms with Crippen LogP contribution in [-0.4, -0.2) is 13.1 Å². The second-order valence-corrected chi connectivity index (χ2v) is 5.83. The van der Waals surface area contributed by atoms with E-state index in [1.807, 2.05) is 19.2 Å². The van der Waals surface area contributed by atoms with Crippen LogP contribution in [0.4, 0.5) is 0 Å². The molecule has 0 heterocycles. The summed E-state index contributed by atoms with van der Waals surface area (Å²) in [6, 6.07) is 15.1. The SMILES string of the molecule is CNC(Cc1cccc(Cl)c1)Cc1c(C)cccc1C. The van der Waals surface area contributed by atoms with Gasteiger partial charge in [0, 0.05) is 11.1 Å². The Morgan fingerprint density at radius 2 is 1.65 bits per heavy atom. The molecule has 0 bridgehead atoms. The van der Waals surface area contributed by atoms with Gasteiger partial charge in [-0.3, -0.25) is 0 Å². The molecule has 0 spiro atoms. The first-order valence-electron chi connectivity index (χ1n) is 7.07. The third kappa shape index (κ3) is 3.84. The number of nitrogens with one attached hydrogen (secondary N) is 1. The summed E-state index contributed by atoms with van der Waals surface area (Å²) in [4.78, 5) is 0. The van der Waals surface area contributed by atoms with Crippen LogP contribution in [-0.2, 0) is 12.8 Å². The number of likely N-dealkylation sites (N-methyl/N-ethyl adjacent to an activating group) is 1. The molecular formula is C18H22ClN. The molecule has 1 nitrogen and oxygen atoms in total. The van der Waals surface area contributed by atoms with Gasteiger partial charge in [-0.25, -0.2) is 0 Å². The third-order valence-electron chi connectivity index (χ3n) is 3.87. The highest BCUT2D eigenvalue weighted by atomic mass is 35.5. The Morgan fingerprint density at radius 3 is 2.25 bits per heavy atom. The van der Waals surface area contributed by atoms with Crippen LogP contribution >= 0.6 is 11.6 Å². The van der Waals surface area contributed by atoms with E-state index in [1.165, 1.54) is 22.3 Å². The van der Waals surface area contributed by atoms with Crippen molar-refractivity contribution in [3.8, 4) is 0 Å². The average Bonchev–Trinajstić information content (AvgIpc) is 2.42. The van der Waals surface area contributed by atoms with E-state index in [0.29, 0.717) is 6.04 Å². The minimum atomic E-state index is 0.424. The minimum absolute atomic E-state index is 0.424. The fourth-order valence-corrected chi connectivity index (χ4v) is 2.85. The maximum absolute atomic E-state index is 6.06. The summed E-state index contributed by atoms with van der Waals surface area (Å²) in [5.74, 6) is 0. The van der Waals surface area contributed by atoms with Crippen molar-refractivity contribution >= 4 is 11.6 Å². The second-order valence-electron chi connectivity index (χ2n) is 5.39. The zero-order valence-corrected chi connectivity index (χ0v) is 13.2. The van der Waals surface area contributed by atoms with Crippen LogP contribution in [0, 0.1) is 13.8 Å². The molecule has 0 amide bonds. The van der Waals surface area contributed by atoms with E-state index in [2.05, 4.69) is 49.5 Å². The summed E-state index contributed by atoms with van der Waals surface area (Å²) in [5.41, 5.74) is 5.48. The van der Waals surface area contributed by atoms with Crippen LogP contribution < -0.4 is 5.32 Å². The smallest absolute Gasteiger partial charge is 0.0408 e. The molecule has 2 rings (SSSR count). The lowest BCUT2D eigenvalue weighted by Gasteiger charge is -2.19. The number of hydrogen-bond donors (Lipinski definition) is 1. The van der Waals surface area contributed by atoms with Crippen LogP contribution in [0.1, 0.15) is 22.3 Å². The van der Waals surface area contributed by atoms with Gasteiger partial charge in [0.15, 0.2) is 0 Å². The number of halogens is 1. The topological polar surface area (TPSA) is 12.0 Å². The molecule has 0 saturated heterocycles. The predicted octanol–water partition coefficient (Wildman–Crippen LogP) is 4.33. The van der Waals surface area contributed by atoms with E-state index in [9.17, 15) is 0 Å². The normalized spacial score (nSPS) is 12.4. The minimum Gasteiger partial charge on any atom is -0.316 e. The van der Waals surface area contributed by atoms with Gasteiger partial charge in [0.05, 0.1) is 0 Å². The number of hydrogen-bond acceptors (Lipinski definition) is 1. The van der Waals surface area contributed by atoms with Crippen LogP contribution in [0.5, 0.6) is 0 Å². The third-order valence-corrected chi connectivity index (χ3v) is 4.11. The van der Waals surface area contributed by atoms with E-state index in [0.717, 1.165) is 17.9 Å². The van der Waals surface area contributed by atoms with Gasteiger partial charge in [-0.05, 0) is 68.1 Å². The monoisotopic (exact) mass is 287 g/mol. The highest BCUT2D eigenvalue weighted by Gasteiger charge is 2.12. The molecule has 0 aliphatic rings. The van der Waals surface area contributed by atoms with Crippen LogP contribution in [0.2, 0.25) is 5.02 Å². The lowest BCUT2D eigenvalue weighted by molar-refractivity contribution is 0.554. The summed E-state index contributed by atoms with van der Waals surface area (Å²) in [6.45, 7) is 4.38. The number of rotatable bonds is 5. The van der Waals surface area contributed by atoms with Crippen molar-refractivity contribution in [3.05, 3.63) is 69.7 Å². The van der Waals surface area contributed by atoms with Gasteiger partial charge in [-0.15, -0.1) is 0 Å². The van der Waals surface area contributed by atoms with Gasteiger partial charge < -0.3 is 5.32 Å². The maximum atomic E-state index is 6.06. The van der Waals surface area contributed by atoms with Crippen molar-refractivity contribution in [2.75, 3.05) is 7.05 Å². The summed E-state index contributed by atoms with van der Waals surface area (Å²) in [6.07, 6.45) is 2.03. The second kappa shape index (κ2) is 6.92. The van der Waals surface area contributed by atoms with Gasteiger partial charge in [-0.2, -0.15) is 0 Å². The highest BCUT2D eigenvalue weighted by molar-refractivity contribution is 6.30. The quantitative estimate of drug-likeness (QED) is 0.863. The van der Waals surface area contributed by atoms with Crippen LogP contribution in [0.3, 0.4) is 0 Å². The first kappa shape index (κ1) is 15.1. The Morgan fingerprint density at radius 1 is 1.00 bits per heavy atom. The molecule has 0 saturated carbocycles. The standard InChI is InChI=1S/C18H22ClN/c1-13-6-4-7-14(2)18(13)12-17(20-3)11-15-8-5-9-16(19)10-15/h4-10,17,20H,11-12H2,1-3H3. The average molecular weight is 288 g/mol. The summed E-state index contributed by atoms with van der Waals surface area (Å²) in [7, 11) is 2.03. The zero-order valence-electron chi connectivity index (χ0n) is 12.4. The van der Waals surface area contributed by atoms with E-state index in [4.69, 9.17) is 11.6 Å². The van der Waals surface area contributed by atoms with Gasteiger partial charge in [0.25, 0.3) is 0 Å². The summed E-state index contributed by atoms with van der Waals surface area (Å²) < 4.78 is 0. The molecule has 1 N–H and O–H groups in total. The lowest BCUT2D eigenvalue weighted by atomic mass is 9.93. The van der Waals surface area contributed by atoms with Gasteiger partial charge >= 0.3 is 0 Å². The molecule has 2 aromatic rings. The van der Waals surface area contributed by atoms with Crippen molar-refractivity contribution < 1.29 is 0 Å². The largest absolute Gasteiger partial charge is 0.316 e. The first-order chi connectivity index (χ1) is 9.60. The highest BCUT2D eigenvalue weighted by Crippen LogP contribution is 2.18. The molecule has 0 aliphatic carbocycles. The van der Waals surface area contributed by atoms with Crippen LogP contribution in [0.25, 0.3) is 0 Å². The Hall–Kier alpha value is -1.31. The molecule has 2 heteroatoms. The van der Waals surface area contributed by atoms with E-state index < -0.39 is 0 Å². The van der Waals surface area contributed by atoms with Gasteiger partial charge in [0.1, 0.15) is 0 Å². The van der Waals surface area contributed by atoms with E-state index in [-0.39, 0.29) is 0 Å². The van der Waals surface area contributed by atoms with Crippen molar-refractivity contribution in [2.45, 2.75) is 32.7 Å². The van der Waals surface area contributed by atoms with Crippen molar-refractivity contribution in [1.82, 2.24) is 5.32 Å². The summed E-state index contributed by atoms with van der Waals surface area (Å²) >= 11 is 6.06. The number of aryl methyl sites for hydroxylation is 2. The molecular weight excluding hydrogens is 266 g/mol. The molecule has 0 aliphatic heterocycles. The van der Waals surface area contributed by atoms with Crippen LogP contribution in [0.15, 0.2) is 42.5 Å². The van der Waals surface area contributed by atoms with Gasteiger partial charge in [-0.1, -0.05) is 41.9 Å². The lowest BCUT2D eigenvalue weighted by Crippen LogP contribution is -2.30. The Bertz CT molecular complexity index is 557. The van der Waals surface area contributed by atoms with Crippen molar-refractivity contribution in [2.24, 2.45) is 0 Å². The Kier molecular flexibility index (Phi) is 5.22. The van der Waals surface area contributed by atoms with Gasteiger partial charge in [0.2, 0.25) is 0 Å². The number of benzene rings is 2. The molecule has 1 unspecified atom stereocenters. The molecule has 0 fully saturated rings. The maximum Gasteiger partial charge on any atom is 0.0408 e. The predicted molar refractivity (Wildman–Crippen MR) is 87.6 cm³/mol. The molecule has 0 aromatic heterocycles. The zero-order chi connectivity index (χ0) is 14.5. The molecule has 0 radical (unpaired) electrons. The molecule has 106 valence electrons. The van der Waals surface area contributed by atoms with Crippen molar-refractivity contribution in [1.29, 1.82) is 0 Å². The Labute approximate surface area is 127 Å². The fraction of sp³-hybridized carbons (Fsp3) is 0.333. The fourth-order valence-electron chi connectivity index (χ4n) is 2.64. The Balaban J connectivity index is 2.13. The first-order valence-corrected chi connectivity index (χ1v) is 7.44. The van der Waals surface area contributed by atoms with E-state index in [1.54, 1.807) is 0 Å². The summed E-state index contributed by atoms with van der Waals surface area (Å²) in [5, 5.41) is 4.24. The molecule has 1 atom stereocenters.